The number of nitrogens with one attached hydrogen (secondary N) is 1. The number of H-pyrrole nitrogens is 1. The molecule has 0 amide bonds. The molecule has 0 radical (unpaired) electrons. The highest BCUT2D eigenvalue weighted by molar-refractivity contribution is 5.94. The normalized spacial score (nSPS) is 15.0. The van der Waals surface area contributed by atoms with Gasteiger partial charge in [0.25, 0.3) is 0 Å². The molecule has 82 valence electrons. The third-order valence-corrected chi connectivity index (χ3v) is 3.33. The molecule has 2 aromatic rings. The van der Waals surface area contributed by atoms with E-state index in [-0.39, 0.29) is 5.56 Å². The number of aryl methyl sites for hydroxylation is 2. The summed E-state index contributed by atoms with van der Waals surface area (Å²) in [6.07, 6.45) is 4.53. The molecule has 1 N–H and O–H groups in total. The van der Waals surface area contributed by atoms with Crippen LogP contribution in [0.25, 0.3) is 10.9 Å². The first-order valence-electron chi connectivity index (χ1n) is 5.60. The van der Waals surface area contributed by atoms with Gasteiger partial charge in [-0.2, -0.15) is 0 Å². The minimum absolute atomic E-state index is 0.264. The molecule has 3 rings (SSSR count). The second-order valence-electron chi connectivity index (χ2n) is 4.34. The molecule has 3 nitrogen and oxygen atoms in total. The van der Waals surface area contributed by atoms with Crippen LogP contribution in [0.15, 0.2) is 18.2 Å². The lowest BCUT2D eigenvalue weighted by Gasteiger charge is -2.10. The predicted octanol–water partition coefficient (Wildman–Crippen LogP) is 1.41. The Morgan fingerprint density at radius 2 is 2.06 bits per heavy atom. The molecule has 0 bridgehead atoms. The van der Waals surface area contributed by atoms with Crippen LogP contribution in [0.1, 0.15) is 34.5 Å². The Morgan fingerprint density at radius 3 is 2.88 bits per heavy atom. The maximum absolute atomic E-state index is 10.8. The molecule has 0 atom stereocenters. The van der Waals surface area contributed by atoms with Gasteiger partial charge in [0.1, 0.15) is 0 Å². The summed E-state index contributed by atoms with van der Waals surface area (Å²) in [5.74, 6) is -1.10. The molecule has 1 aromatic carbocycles. The van der Waals surface area contributed by atoms with Crippen molar-refractivity contribution in [3.05, 3.63) is 35.0 Å². The molecule has 1 aromatic heterocycles. The Balaban J connectivity index is 2.25. The second kappa shape index (κ2) is 3.37. The zero-order chi connectivity index (χ0) is 11.1. The molecule has 1 heterocycles. The number of benzene rings is 1. The molecule has 1 aliphatic carbocycles. The van der Waals surface area contributed by atoms with Gasteiger partial charge in [0, 0.05) is 16.6 Å². The lowest BCUT2D eigenvalue weighted by Crippen LogP contribution is -2.21. The van der Waals surface area contributed by atoms with Crippen LogP contribution in [0.4, 0.5) is 0 Å². The quantitative estimate of drug-likeness (QED) is 0.780. The molecule has 0 saturated carbocycles. The molecule has 0 aliphatic heterocycles. The van der Waals surface area contributed by atoms with Crippen LogP contribution in [0.5, 0.6) is 0 Å². The summed E-state index contributed by atoms with van der Waals surface area (Å²) in [5.41, 5.74) is 3.87. The maximum atomic E-state index is 10.8. The highest BCUT2D eigenvalue weighted by Crippen LogP contribution is 2.29. The molecule has 16 heavy (non-hydrogen) atoms. The van der Waals surface area contributed by atoms with Gasteiger partial charge in [-0.15, -0.1) is 0 Å². The third-order valence-electron chi connectivity index (χ3n) is 3.33. The summed E-state index contributed by atoms with van der Waals surface area (Å²) in [7, 11) is 0. The van der Waals surface area contributed by atoms with Gasteiger partial charge in [0.05, 0.1) is 5.97 Å². The van der Waals surface area contributed by atoms with Crippen molar-refractivity contribution in [2.75, 3.05) is 0 Å². The van der Waals surface area contributed by atoms with Crippen molar-refractivity contribution in [1.29, 1.82) is 0 Å². The van der Waals surface area contributed by atoms with Crippen molar-refractivity contribution >= 4 is 16.9 Å². The third kappa shape index (κ3) is 1.32. The largest absolute Gasteiger partial charge is 0.545 e. The van der Waals surface area contributed by atoms with Crippen LogP contribution >= 0.6 is 0 Å². The molecule has 0 fully saturated rings. The highest BCUT2D eigenvalue weighted by Gasteiger charge is 2.15. The van der Waals surface area contributed by atoms with Crippen molar-refractivity contribution in [3.63, 3.8) is 0 Å². The number of carbonyl (C=O) groups is 1. The van der Waals surface area contributed by atoms with Crippen molar-refractivity contribution in [2.45, 2.75) is 25.7 Å². The van der Waals surface area contributed by atoms with E-state index in [1.165, 1.54) is 24.1 Å². The van der Waals surface area contributed by atoms with Crippen molar-refractivity contribution in [1.82, 2.24) is 4.98 Å². The first-order valence-corrected chi connectivity index (χ1v) is 5.60. The topological polar surface area (TPSA) is 55.9 Å². The minimum atomic E-state index is -1.10. The Morgan fingerprint density at radius 1 is 1.25 bits per heavy atom. The average Bonchev–Trinajstić information content (AvgIpc) is 2.66. The fourth-order valence-corrected chi connectivity index (χ4v) is 2.53. The summed E-state index contributed by atoms with van der Waals surface area (Å²) < 4.78 is 0. The van der Waals surface area contributed by atoms with E-state index >= 15 is 0 Å². The van der Waals surface area contributed by atoms with Gasteiger partial charge in [0.2, 0.25) is 0 Å². The van der Waals surface area contributed by atoms with Crippen molar-refractivity contribution in [3.8, 4) is 0 Å². The Bertz CT molecular complexity index is 569. The zero-order valence-electron chi connectivity index (χ0n) is 8.88. The van der Waals surface area contributed by atoms with Gasteiger partial charge in [-0.1, -0.05) is 6.07 Å². The fourth-order valence-electron chi connectivity index (χ4n) is 2.53. The van der Waals surface area contributed by atoms with E-state index in [0.717, 1.165) is 23.7 Å². The average molecular weight is 214 g/mol. The number of aromatic nitrogens is 1. The van der Waals surface area contributed by atoms with Crippen LogP contribution < -0.4 is 5.11 Å². The first kappa shape index (κ1) is 9.46. The van der Waals surface area contributed by atoms with Crippen molar-refractivity contribution in [2.24, 2.45) is 0 Å². The smallest absolute Gasteiger partial charge is 0.0715 e. The summed E-state index contributed by atoms with van der Waals surface area (Å²) in [6, 6.07) is 5.16. The van der Waals surface area contributed by atoms with Crippen LogP contribution in [0, 0.1) is 0 Å². The van der Waals surface area contributed by atoms with E-state index in [4.69, 9.17) is 0 Å². The number of hydrogen-bond donors (Lipinski definition) is 1. The Labute approximate surface area is 93.1 Å². The van der Waals surface area contributed by atoms with E-state index in [2.05, 4.69) is 4.98 Å². The van der Waals surface area contributed by atoms with Crippen LogP contribution in [0.2, 0.25) is 0 Å². The predicted molar refractivity (Wildman–Crippen MR) is 59.3 cm³/mol. The summed E-state index contributed by atoms with van der Waals surface area (Å²) in [5, 5.41) is 11.9. The number of aromatic amines is 1. The zero-order valence-corrected chi connectivity index (χ0v) is 8.88. The first-order chi connectivity index (χ1) is 7.75. The number of fused-ring (bicyclic) bond motifs is 3. The lowest BCUT2D eigenvalue weighted by molar-refractivity contribution is -0.255. The number of carbonyl (C=O) groups excluding carboxylic acids is 1. The van der Waals surface area contributed by atoms with Gasteiger partial charge in [0.15, 0.2) is 0 Å². The lowest BCUT2D eigenvalue weighted by atomic mass is 9.95. The number of carboxylic acid groups (broad SMARTS) is 1. The Hall–Kier alpha value is -1.77. The van der Waals surface area contributed by atoms with Crippen molar-refractivity contribution < 1.29 is 9.90 Å². The van der Waals surface area contributed by atoms with Crippen LogP contribution in [0.3, 0.4) is 0 Å². The van der Waals surface area contributed by atoms with Gasteiger partial charge < -0.3 is 14.9 Å². The van der Waals surface area contributed by atoms with Crippen LogP contribution in [-0.4, -0.2) is 11.0 Å². The van der Waals surface area contributed by atoms with Gasteiger partial charge in [-0.3, -0.25) is 0 Å². The molecule has 3 heteroatoms. The van der Waals surface area contributed by atoms with Gasteiger partial charge in [-0.25, -0.2) is 0 Å². The van der Waals surface area contributed by atoms with Gasteiger partial charge >= 0.3 is 0 Å². The van der Waals surface area contributed by atoms with Crippen LogP contribution in [-0.2, 0) is 12.8 Å². The van der Waals surface area contributed by atoms with Gasteiger partial charge in [-0.05, 0) is 48.9 Å². The molecule has 0 spiro atoms. The van der Waals surface area contributed by atoms with E-state index in [0.29, 0.717) is 0 Å². The summed E-state index contributed by atoms with van der Waals surface area (Å²) in [4.78, 5) is 14.2. The molecule has 0 unspecified atom stereocenters. The SMILES string of the molecule is O=C([O-])c1ccc2[nH]c3c(c2c1)CCCC3. The highest BCUT2D eigenvalue weighted by atomic mass is 16.4. The maximum Gasteiger partial charge on any atom is 0.0715 e. The molecule has 1 aliphatic rings. The monoisotopic (exact) mass is 214 g/mol. The summed E-state index contributed by atoms with van der Waals surface area (Å²) in [6.45, 7) is 0. The minimum Gasteiger partial charge on any atom is -0.545 e. The second-order valence-corrected chi connectivity index (χ2v) is 4.34. The molecular weight excluding hydrogens is 202 g/mol. The standard InChI is InChI=1S/C13H13NO2/c15-13(16)8-5-6-12-10(7-8)9-3-1-2-4-11(9)14-12/h5-7,14H,1-4H2,(H,15,16)/p-1. The number of aromatic carboxylic acids is 1. The van der Waals surface area contributed by atoms with E-state index in [1.807, 2.05) is 6.07 Å². The van der Waals surface area contributed by atoms with E-state index in [9.17, 15) is 9.90 Å². The van der Waals surface area contributed by atoms with E-state index in [1.54, 1.807) is 12.1 Å². The fraction of sp³-hybridized carbons (Fsp3) is 0.308. The number of rotatable bonds is 1. The molecular formula is C13H12NO2-. The van der Waals surface area contributed by atoms with E-state index < -0.39 is 5.97 Å². The Kier molecular flexibility index (Phi) is 1.99. The summed E-state index contributed by atoms with van der Waals surface area (Å²) >= 11 is 0. The number of carboxylic acids is 1. The molecule has 0 saturated heterocycles. The number of hydrogen-bond acceptors (Lipinski definition) is 2.